The number of fused-ring (bicyclic) bond motifs is 1. The number of aromatic nitrogens is 4. The van der Waals surface area contributed by atoms with Crippen LogP contribution >= 0.6 is 0 Å². The van der Waals surface area contributed by atoms with Gasteiger partial charge in [-0.1, -0.05) is 0 Å². The van der Waals surface area contributed by atoms with Crippen molar-refractivity contribution in [1.82, 2.24) is 19.9 Å². The summed E-state index contributed by atoms with van der Waals surface area (Å²) in [4.78, 5) is 15.8. The van der Waals surface area contributed by atoms with Gasteiger partial charge in [-0.2, -0.15) is 4.98 Å². The van der Waals surface area contributed by atoms with Crippen LogP contribution in [0.4, 0.5) is 0 Å². The van der Waals surface area contributed by atoms with E-state index >= 15 is 0 Å². The van der Waals surface area contributed by atoms with Gasteiger partial charge in [-0.15, -0.1) is 0 Å². The Bertz CT molecular complexity index is 691. The van der Waals surface area contributed by atoms with Crippen molar-refractivity contribution in [3.63, 3.8) is 0 Å². The van der Waals surface area contributed by atoms with Gasteiger partial charge in [0.05, 0.1) is 12.5 Å². The molecule has 0 saturated carbocycles. The van der Waals surface area contributed by atoms with Gasteiger partial charge in [0.25, 0.3) is 0 Å². The average molecular weight is 240 g/mol. The van der Waals surface area contributed by atoms with E-state index in [1.807, 2.05) is 25.3 Å². The van der Waals surface area contributed by atoms with E-state index in [4.69, 9.17) is 4.74 Å². The Kier molecular flexibility index (Phi) is 2.44. The Morgan fingerprint density at radius 3 is 2.67 bits per heavy atom. The third kappa shape index (κ3) is 1.60. The van der Waals surface area contributed by atoms with Crippen LogP contribution in [0.3, 0.4) is 0 Å². The predicted octanol–water partition coefficient (Wildman–Crippen LogP) is 2.34. The molecule has 1 N–H and O–H groups in total. The smallest absolute Gasteiger partial charge is 0.226 e. The molecule has 0 aliphatic carbocycles. The van der Waals surface area contributed by atoms with Gasteiger partial charge in [-0.05, 0) is 24.6 Å². The number of rotatable bonds is 2. The van der Waals surface area contributed by atoms with Crippen LogP contribution in [0.15, 0.2) is 30.7 Å². The van der Waals surface area contributed by atoms with Crippen LogP contribution in [0, 0.1) is 6.92 Å². The van der Waals surface area contributed by atoms with E-state index in [0.29, 0.717) is 11.7 Å². The fourth-order valence-electron chi connectivity index (χ4n) is 2.01. The molecule has 3 aromatic heterocycles. The molecule has 0 saturated heterocycles. The second-order valence-corrected chi connectivity index (χ2v) is 3.94. The van der Waals surface area contributed by atoms with Crippen LogP contribution in [0.2, 0.25) is 0 Å². The Morgan fingerprint density at radius 1 is 1.17 bits per heavy atom. The number of methoxy groups -OCH3 is 1. The highest BCUT2D eigenvalue weighted by Gasteiger charge is 2.14. The van der Waals surface area contributed by atoms with E-state index in [1.165, 1.54) is 0 Å². The minimum absolute atomic E-state index is 0.588. The van der Waals surface area contributed by atoms with Crippen molar-refractivity contribution in [2.24, 2.45) is 0 Å². The highest BCUT2D eigenvalue weighted by atomic mass is 16.5. The molecule has 0 aromatic carbocycles. The average Bonchev–Trinajstić information content (AvgIpc) is 2.82. The number of pyridine rings is 1. The van der Waals surface area contributed by atoms with Crippen molar-refractivity contribution in [2.45, 2.75) is 6.92 Å². The number of nitrogens with one attached hydrogen (secondary N) is 1. The number of aromatic amines is 1. The van der Waals surface area contributed by atoms with Crippen LogP contribution in [-0.2, 0) is 0 Å². The van der Waals surface area contributed by atoms with Gasteiger partial charge in [0.2, 0.25) is 5.88 Å². The van der Waals surface area contributed by atoms with Gasteiger partial charge in [0.1, 0.15) is 11.5 Å². The molecule has 0 atom stereocenters. The van der Waals surface area contributed by atoms with Gasteiger partial charge in [0.15, 0.2) is 0 Å². The number of hydrogen-bond acceptors (Lipinski definition) is 4. The van der Waals surface area contributed by atoms with Gasteiger partial charge in [-0.3, -0.25) is 4.98 Å². The highest BCUT2D eigenvalue weighted by Crippen LogP contribution is 2.32. The van der Waals surface area contributed by atoms with Gasteiger partial charge < -0.3 is 9.72 Å². The van der Waals surface area contributed by atoms with Crippen molar-refractivity contribution in [3.05, 3.63) is 36.5 Å². The molecule has 3 aromatic rings. The fourth-order valence-corrected chi connectivity index (χ4v) is 2.01. The third-order valence-electron chi connectivity index (χ3n) is 2.79. The van der Waals surface area contributed by atoms with E-state index < -0.39 is 0 Å². The zero-order valence-electron chi connectivity index (χ0n) is 10.1. The summed E-state index contributed by atoms with van der Waals surface area (Å²) >= 11 is 0. The number of H-pyrrole nitrogens is 1. The molecule has 0 spiro atoms. The largest absolute Gasteiger partial charge is 0.480 e. The lowest BCUT2D eigenvalue weighted by molar-refractivity contribution is 0.401. The van der Waals surface area contributed by atoms with Crippen molar-refractivity contribution >= 4 is 11.0 Å². The fraction of sp³-hybridized carbons (Fsp3) is 0.154. The monoisotopic (exact) mass is 240 g/mol. The maximum Gasteiger partial charge on any atom is 0.226 e. The molecule has 0 fully saturated rings. The lowest BCUT2D eigenvalue weighted by Crippen LogP contribution is -1.94. The number of ether oxygens (including phenoxy) is 1. The maximum absolute atomic E-state index is 5.34. The summed E-state index contributed by atoms with van der Waals surface area (Å²) in [6.07, 6.45) is 5.43. The minimum Gasteiger partial charge on any atom is -0.480 e. The first-order chi connectivity index (χ1) is 8.79. The zero-order valence-corrected chi connectivity index (χ0v) is 10.1. The van der Waals surface area contributed by atoms with Gasteiger partial charge >= 0.3 is 0 Å². The minimum atomic E-state index is 0.588. The zero-order chi connectivity index (χ0) is 12.5. The molecule has 3 heterocycles. The predicted molar refractivity (Wildman–Crippen MR) is 68.4 cm³/mol. The second-order valence-electron chi connectivity index (χ2n) is 3.94. The molecule has 90 valence electrons. The van der Waals surface area contributed by atoms with Crippen LogP contribution in [0.25, 0.3) is 22.2 Å². The second kappa shape index (κ2) is 4.10. The van der Waals surface area contributed by atoms with E-state index in [1.54, 1.807) is 19.5 Å². The lowest BCUT2D eigenvalue weighted by Gasteiger charge is -2.04. The summed E-state index contributed by atoms with van der Waals surface area (Å²) in [6.45, 7) is 1.84. The standard InChI is InChI=1S/C13H12N4O/c1-8-16-12-11(13(17-8)18-2)10(7-15-12)9-3-5-14-6-4-9/h3-7H,1-2H3,(H,15,16,17). The van der Waals surface area contributed by atoms with Crippen molar-refractivity contribution in [3.8, 4) is 17.0 Å². The van der Waals surface area contributed by atoms with Gasteiger partial charge in [-0.25, -0.2) is 4.98 Å². The normalized spacial score (nSPS) is 10.8. The first-order valence-corrected chi connectivity index (χ1v) is 5.59. The Hall–Kier alpha value is -2.43. The molecule has 0 unspecified atom stereocenters. The summed E-state index contributed by atoms with van der Waals surface area (Å²) in [5.41, 5.74) is 2.86. The van der Waals surface area contributed by atoms with E-state index in [-0.39, 0.29) is 0 Å². The molecule has 0 aliphatic rings. The van der Waals surface area contributed by atoms with Crippen molar-refractivity contribution in [2.75, 3.05) is 7.11 Å². The van der Waals surface area contributed by atoms with E-state index in [2.05, 4.69) is 19.9 Å². The van der Waals surface area contributed by atoms with E-state index in [9.17, 15) is 0 Å². The topological polar surface area (TPSA) is 63.7 Å². The van der Waals surface area contributed by atoms with Crippen LogP contribution in [0.1, 0.15) is 5.82 Å². The Labute approximate surface area is 104 Å². The van der Waals surface area contributed by atoms with E-state index in [0.717, 1.165) is 22.2 Å². The number of hydrogen-bond donors (Lipinski definition) is 1. The molecule has 18 heavy (non-hydrogen) atoms. The van der Waals surface area contributed by atoms with Crippen LogP contribution in [-0.4, -0.2) is 27.0 Å². The highest BCUT2D eigenvalue weighted by molar-refractivity contribution is 5.97. The molecule has 3 rings (SSSR count). The van der Waals surface area contributed by atoms with Crippen molar-refractivity contribution in [1.29, 1.82) is 0 Å². The molecule has 0 amide bonds. The first-order valence-electron chi connectivity index (χ1n) is 5.59. The maximum atomic E-state index is 5.34. The van der Waals surface area contributed by atoms with Crippen LogP contribution in [0.5, 0.6) is 5.88 Å². The molecule has 0 bridgehead atoms. The lowest BCUT2D eigenvalue weighted by atomic mass is 10.1. The van der Waals surface area contributed by atoms with Gasteiger partial charge in [0, 0.05) is 24.2 Å². The summed E-state index contributed by atoms with van der Waals surface area (Å²) < 4.78 is 5.34. The molecular formula is C13H12N4O. The summed E-state index contributed by atoms with van der Waals surface area (Å²) in [7, 11) is 1.62. The summed E-state index contributed by atoms with van der Waals surface area (Å²) in [6, 6.07) is 3.89. The molecule has 0 radical (unpaired) electrons. The Balaban J connectivity index is 2.32. The van der Waals surface area contributed by atoms with Crippen molar-refractivity contribution < 1.29 is 4.74 Å². The molecule has 0 aliphatic heterocycles. The SMILES string of the molecule is COc1nc(C)nc2[nH]cc(-c3ccncc3)c12. The summed E-state index contributed by atoms with van der Waals surface area (Å²) in [5, 5.41) is 0.898. The van der Waals surface area contributed by atoms with Crippen LogP contribution < -0.4 is 4.74 Å². The number of aryl methyl sites for hydroxylation is 1. The first kappa shape index (κ1) is 10.7. The molecular weight excluding hydrogens is 228 g/mol. The Morgan fingerprint density at radius 2 is 1.94 bits per heavy atom. The summed E-state index contributed by atoms with van der Waals surface area (Å²) in [5.74, 6) is 1.27. The third-order valence-corrected chi connectivity index (χ3v) is 2.79. The molecule has 5 nitrogen and oxygen atoms in total. The number of nitrogens with zero attached hydrogens (tertiary/aromatic N) is 3. The molecule has 5 heteroatoms. The quantitative estimate of drug-likeness (QED) is 0.746.